The molecule has 0 aromatic heterocycles. The second-order valence-corrected chi connectivity index (χ2v) is 33.3. The Hall–Kier alpha value is -4.83. The molecule has 0 saturated heterocycles. The normalized spacial score (nSPS) is 14.5. The van der Waals surface area contributed by atoms with Crippen LogP contribution in [0.1, 0.15) is 380 Å². The third-order valence-corrected chi connectivity index (χ3v) is 21.1. The van der Waals surface area contributed by atoms with Crippen LogP contribution in [0.5, 0.6) is 0 Å². The molecule has 0 amide bonds. The predicted octanol–water partition coefficient (Wildman–Crippen LogP) is 28.1. The molecule has 0 aliphatic carbocycles. The van der Waals surface area contributed by atoms with Crippen molar-refractivity contribution in [3.05, 3.63) is 158 Å². The van der Waals surface area contributed by atoms with E-state index in [1.807, 2.05) is 0 Å². The van der Waals surface area contributed by atoms with Crippen LogP contribution in [0.4, 0.5) is 0 Å². The second kappa shape index (κ2) is 88.5. The van der Waals surface area contributed by atoms with Crippen LogP contribution in [0.15, 0.2) is 158 Å². The van der Waals surface area contributed by atoms with Crippen molar-refractivity contribution in [3.8, 4) is 0 Å². The van der Waals surface area contributed by atoms with E-state index in [4.69, 9.17) is 32.3 Å². The Kier molecular flexibility index (Phi) is 84.7. The highest BCUT2D eigenvalue weighted by Gasteiger charge is 2.29. The van der Waals surface area contributed by atoms with E-state index < -0.39 is 91.5 Å². The average Bonchev–Trinajstić information content (AvgIpc) is 0.896. The molecule has 5 unspecified atom stereocenters. The van der Waals surface area contributed by atoms with Gasteiger partial charge in [-0.05, 0) is 154 Å². The lowest BCUT2D eigenvalue weighted by atomic mass is 10.0. The summed E-state index contributed by atoms with van der Waals surface area (Å²) in [4.78, 5) is 59.0. The number of carbonyl (C=O) groups excluding carboxylic acids is 3. The highest BCUT2D eigenvalue weighted by Crippen LogP contribution is 2.45. The van der Waals surface area contributed by atoms with Crippen LogP contribution >= 0.6 is 15.6 Å². The number of hydrogen-bond donors (Lipinski definition) is 4. The van der Waals surface area contributed by atoms with E-state index in [2.05, 4.69) is 179 Å². The van der Waals surface area contributed by atoms with E-state index in [9.17, 15) is 43.5 Å². The summed E-state index contributed by atoms with van der Waals surface area (Å²) in [7, 11) is -9.81. The molecule has 0 aliphatic rings. The summed E-state index contributed by atoms with van der Waals surface area (Å²) in [6.45, 7) is 2.54. The minimum Gasteiger partial charge on any atom is -0.463 e. The summed E-state index contributed by atoms with van der Waals surface area (Å²) in [5.41, 5.74) is 0. The topological polar surface area (TPSA) is 231 Å². The number of ether oxygens (including phenoxy) is 3. The Morgan fingerprint density at radius 3 is 0.730 bits per heavy atom. The number of phosphoric acid groups is 2. The van der Waals surface area contributed by atoms with Crippen LogP contribution in [-0.2, 0) is 55.8 Å². The van der Waals surface area contributed by atoms with Crippen molar-refractivity contribution >= 4 is 33.6 Å². The molecule has 0 rings (SSSR count). The zero-order valence-corrected chi connectivity index (χ0v) is 74.5. The summed E-state index contributed by atoms with van der Waals surface area (Å²) in [5, 5.41) is 20.7. The number of carbonyl (C=O) groups is 3. The van der Waals surface area contributed by atoms with Gasteiger partial charge in [-0.3, -0.25) is 32.5 Å². The molecule has 16 nitrogen and oxygen atoms in total. The Morgan fingerprint density at radius 2 is 0.461 bits per heavy atom. The number of hydrogen-bond acceptors (Lipinski definition) is 14. The van der Waals surface area contributed by atoms with Crippen LogP contribution in [0.25, 0.3) is 0 Å². The fraction of sp³-hybridized carbons (Fsp3) is 0.701. The summed E-state index contributed by atoms with van der Waals surface area (Å²) in [6, 6.07) is 0. The molecule has 5 atom stereocenters. The Morgan fingerprint density at radius 1 is 0.252 bits per heavy atom. The standard InChI is InChI=1S/C97H166O16P2/c1-4-7-10-13-16-19-22-25-28-31-34-36-38-40-42-44-45-47-49-50-52-54-57-59-62-65-68-71-74-77-80-83-95(100)107-86-92(98)87-109-114(103,104)110-88-93(99)89-111-115(105,106)112-91-94(113-97(102)85-82-79-76-73-70-67-64-61-56-33-30-27-24-21-18-15-12-9-6-3)90-108-96(101)84-81-78-75-72-69-66-63-60-58-55-53-51-48-46-43-41-39-37-35-32-29-26-23-20-17-14-11-8-5-2/h7,10,16-21,25-30,34-37,40-43,45,47,56,61,92-94,98-99H,4-6,8-9,11-15,22-24,31-33,38-39,44,46,48-55,57-60,62-91H2,1-3H3,(H,103,104)(H,105,106)/b10-7-,19-16-,20-17-,21-18-,28-25-,29-26-,30-27-,36-34-,37-35-,42-40-,43-41-,47-45-,61-56-. The maximum absolute atomic E-state index is 13.1. The molecule has 660 valence electrons. The number of esters is 3. The number of rotatable bonds is 86. The van der Waals surface area contributed by atoms with Gasteiger partial charge in [0, 0.05) is 19.3 Å². The molecule has 0 saturated carbocycles. The van der Waals surface area contributed by atoms with Crippen LogP contribution in [-0.4, -0.2) is 95.9 Å². The van der Waals surface area contributed by atoms with Gasteiger partial charge in [-0.25, -0.2) is 9.13 Å². The Labute approximate surface area is 701 Å². The smallest absolute Gasteiger partial charge is 0.463 e. The molecular formula is C97H166O16P2. The third-order valence-electron chi connectivity index (χ3n) is 19.2. The van der Waals surface area contributed by atoms with Gasteiger partial charge < -0.3 is 34.2 Å². The van der Waals surface area contributed by atoms with E-state index in [0.717, 1.165) is 173 Å². The molecule has 0 aromatic carbocycles. The molecule has 0 aliphatic heterocycles. The Bertz CT molecular complexity index is 2720. The summed E-state index contributed by atoms with van der Waals surface area (Å²) in [5.74, 6) is -1.58. The van der Waals surface area contributed by atoms with E-state index in [1.165, 1.54) is 148 Å². The predicted molar refractivity (Wildman–Crippen MR) is 482 cm³/mol. The fourth-order valence-corrected chi connectivity index (χ4v) is 13.9. The molecule has 115 heavy (non-hydrogen) atoms. The summed E-state index contributed by atoms with van der Waals surface area (Å²) in [6.07, 6.45) is 113. The number of allylic oxidation sites excluding steroid dienone is 26. The summed E-state index contributed by atoms with van der Waals surface area (Å²) < 4.78 is 61.4. The number of phosphoric ester groups is 2. The van der Waals surface area contributed by atoms with Crippen molar-refractivity contribution in [1.82, 2.24) is 0 Å². The van der Waals surface area contributed by atoms with Gasteiger partial charge in [-0.15, -0.1) is 0 Å². The minimum absolute atomic E-state index is 0.0875. The number of aliphatic hydroxyl groups is 2. The van der Waals surface area contributed by atoms with Crippen LogP contribution in [0.3, 0.4) is 0 Å². The largest absolute Gasteiger partial charge is 0.472 e. The van der Waals surface area contributed by atoms with Gasteiger partial charge in [-0.1, -0.05) is 365 Å². The van der Waals surface area contributed by atoms with Crippen molar-refractivity contribution in [1.29, 1.82) is 0 Å². The average molecular weight is 1650 g/mol. The van der Waals surface area contributed by atoms with E-state index in [1.54, 1.807) is 0 Å². The Balaban J connectivity index is 4.58. The maximum atomic E-state index is 13.1. The van der Waals surface area contributed by atoms with Gasteiger partial charge >= 0.3 is 33.6 Å². The third kappa shape index (κ3) is 89.8. The minimum atomic E-state index is -4.95. The monoisotopic (exact) mass is 1650 g/mol. The van der Waals surface area contributed by atoms with Gasteiger partial charge in [-0.2, -0.15) is 0 Å². The zero-order chi connectivity index (χ0) is 83.6. The van der Waals surface area contributed by atoms with Crippen molar-refractivity contribution in [2.75, 3.05) is 39.6 Å². The number of aliphatic hydroxyl groups excluding tert-OH is 2. The van der Waals surface area contributed by atoms with Crippen molar-refractivity contribution in [2.24, 2.45) is 0 Å². The fourth-order valence-electron chi connectivity index (χ4n) is 12.3. The lowest BCUT2D eigenvalue weighted by Crippen LogP contribution is -2.30. The first-order valence-corrected chi connectivity index (χ1v) is 48.8. The molecule has 0 radical (unpaired) electrons. The van der Waals surface area contributed by atoms with Gasteiger partial charge in [0.2, 0.25) is 0 Å². The van der Waals surface area contributed by atoms with Gasteiger partial charge in [0.1, 0.15) is 25.4 Å². The van der Waals surface area contributed by atoms with Crippen molar-refractivity contribution in [3.63, 3.8) is 0 Å². The zero-order valence-electron chi connectivity index (χ0n) is 72.7. The van der Waals surface area contributed by atoms with Crippen LogP contribution in [0.2, 0.25) is 0 Å². The highest BCUT2D eigenvalue weighted by molar-refractivity contribution is 7.47. The molecule has 0 fully saturated rings. The number of unbranched alkanes of at least 4 members (excludes halogenated alkanes) is 37. The SMILES string of the molecule is CC/C=C\C/C=C\C/C=C\C/C=C\C/C=C\C/C=C\CCCCCCCCCCCCCCC(=O)OCC(O)COP(=O)(O)OCC(O)COP(=O)(O)OCC(COC(=O)CCCCCCCCCCCCCCC/C=C\C/C=C\C/C=C\C/C=C\CCCCC)OC(=O)CCCCCCCC/C=C\C/C=C\C/C=C\CCCCC. The first kappa shape index (κ1) is 110. The second-order valence-electron chi connectivity index (χ2n) is 30.4. The maximum Gasteiger partial charge on any atom is 0.472 e. The first-order valence-electron chi connectivity index (χ1n) is 45.8. The van der Waals surface area contributed by atoms with Gasteiger partial charge in [0.25, 0.3) is 0 Å². The quantitative estimate of drug-likeness (QED) is 0.0146. The molecular weight excluding hydrogens is 1480 g/mol. The molecule has 0 heterocycles. The van der Waals surface area contributed by atoms with Crippen LogP contribution in [0, 0.1) is 0 Å². The molecule has 0 aromatic rings. The van der Waals surface area contributed by atoms with E-state index >= 15 is 0 Å². The lowest BCUT2D eigenvalue weighted by Gasteiger charge is -2.21. The van der Waals surface area contributed by atoms with Crippen molar-refractivity contribution < 1.29 is 75.8 Å². The molecule has 0 bridgehead atoms. The van der Waals surface area contributed by atoms with Gasteiger partial charge in [0.05, 0.1) is 26.4 Å². The van der Waals surface area contributed by atoms with E-state index in [0.29, 0.717) is 19.3 Å². The lowest BCUT2D eigenvalue weighted by molar-refractivity contribution is -0.161. The highest BCUT2D eigenvalue weighted by atomic mass is 31.2. The molecule has 18 heteroatoms. The first-order chi connectivity index (χ1) is 56.2. The van der Waals surface area contributed by atoms with E-state index in [-0.39, 0.29) is 19.3 Å². The van der Waals surface area contributed by atoms with Crippen molar-refractivity contribution in [2.45, 2.75) is 399 Å². The molecule has 0 spiro atoms. The van der Waals surface area contributed by atoms with Gasteiger partial charge in [0.15, 0.2) is 6.10 Å². The summed E-state index contributed by atoms with van der Waals surface area (Å²) >= 11 is 0. The van der Waals surface area contributed by atoms with Crippen LogP contribution < -0.4 is 0 Å². The molecule has 4 N–H and O–H groups in total.